The van der Waals surface area contributed by atoms with Gasteiger partial charge >= 0.3 is 0 Å². The van der Waals surface area contributed by atoms with Crippen molar-refractivity contribution < 1.29 is 5.11 Å². The van der Waals surface area contributed by atoms with Crippen molar-refractivity contribution in [2.45, 2.75) is 0 Å². The molecule has 0 aliphatic heterocycles. The summed E-state index contributed by atoms with van der Waals surface area (Å²) in [6.45, 7) is 0. The maximum absolute atomic E-state index is 9.21. The van der Waals surface area contributed by atoms with Crippen LogP contribution in [0, 0.1) is 0 Å². The molecule has 0 atom stereocenters. The van der Waals surface area contributed by atoms with Crippen LogP contribution in [0.1, 0.15) is 0 Å². The van der Waals surface area contributed by atoms with Crippen molar-refractivity contribution in [3.05, 3.63) is 42.6 Å². The molecule has 3 rings (SSSR count). The number of fused-ring (bicyclic) bond motifs is 1. The third kappa shape index (κ3) is 2.52. The molecule has 1 N–H and O–H groups in total. The smallest absolute Gasteiger partial charge is 0.179 e. The highest BCUT2D eigenvalue weighted by atomic mass is 35.5. The molecule has 0 radical (unpaired) electrons. The van der Waals surface area contributed by atoms with Gasteiger partial charge < -0.3 is 5.11 Å². The molecular weight excluding hydrogens is 275 g/mol. The van der Waals surface area contributed by atoms with Gasteiger partial charge in [-0.15, -0.1) is 29.9 Å². The van der Waals surface area contributed by atoms with E-state index in [1.54, 1.807) is 22.8 Å². The van der Waals surface area contributed by atoms with Crippen LogP contribution < -0.4 is 0 Å². The summed E-state index contributed by atoms with van der Waals surface area (Å²) < 4.78 is 1.60. The summed E-state index contributed by atoms with van der Waals surface area (Å²) in [7, 11) is 0. The highest BCUT2D eigenvalue weighted by Gasteiger charge is 2.01. The number of hydrogen-bond donors (Lipinski definition) is 1. The molecular formula is C11H10Cl2N4O. The lowest BCUT2D eigenvalue weighted by molar-refractivity contribution is 0.475. The van der Waals surface area contributed by atoms with Crippen LogP contribution in [0.4, 0.5) is 0 Å². The van der Waals surface area contributed by atoms with E-state index in [2.05, 4.69) is 15.5 Å². The van der Waals surface area contributed by atoms with Crippen LogP contribution in [-0.4, -0.2) is 25.1 Å². The van der Waals surface area contributed by atoms with Crippen LogP contribution in [0.5, 0.6) is 5.75 Å². The fourth-order valence-electron chi connectivity index (χ4n) is 1.57. The highest BCUT2D eigenvalue weighted by Crippen LogP contribution is 2.22. The summed E-state index contributed by atoms with van der Waals surface area (Å²) in [6.07, 6.45) is 1.80. The second-order valence-electron chi connectivity index (χ2n) is 3.44. The predicted molar refractivity (Wildman–Crippen MR) is 72.4 cm³/mol. The molecule has 0 aliphatic carbocycles. The summed E-state index contributed by atoms with van der Waals surface area (Å²) in [5.74, 6) is 0.258. The molecule has 5 nitrogen and oxygen atoms in total. The van der Waals surface area contributed by atoms with Crippen molar-refractivity contribution in [1.29, 1.82) is 0 Å². The van der Waals surface area contributed by atoms with Gasteiger partial charge in [-0.05, 0) is 45.8 Å². The Kier molecular flexibility index (Phi) is 4.47. The Bertz CT molecular complexity index is 639. The minimum atomic E-state index is 0. The SMILES string of the molecule is Cl.Cl.Oc1ccc(-c2ccn3nnnc3c2)cc1. The Labute approximate surface area is 115 Å². The van der Waals surface area contributed by atoms with Gasteiger partial charge in [0.25, 0.3) is 0 Å². The van der Waals surface area contributed by atoms with Gasteiger partial charge in [0.05, 0.1) is 0 Å². The Morgan fingerprint density at radius 3 is 2.39 bits per heavy atom. The number of aromatic nitrogens is 4. The zero-order chi connectivity index (χ0) is 11.0. The zero-order valence-corrected chi connectivity index (χ0v) is 10.7. The monoisotopic (exact) mass is 284 g/mol. The number of pyridine rings is 1. The molecule has 3 aromatic rings. The molecule has 0 aliphatic rings. The van der Waals surface area contributed by atoms with Crippen LogP contribution in [0.2, 0.25) is 0 Å². The fourth-order valence-corrected chi connectivity index (χ4v) is 1.57. The quantitative estimate of drug-likeness (QED) is 0.745. The van der Waals surface area contributed by atoms with Gasteiger partial charge in [0.1, 0.15) is 5.75 Å². The van der Waals surface area contributed by atoms with Crippen molar-refractivity contribution in [1.82, 2.24) is 20.0 Å². The first kappa shape index (κ1) is 14.2. The average Bonchev–Trinajstić information content (AvgIpc) is 2.77. The Balaban J connectivity index is 0.000000810. The number of hydrogen-bond acceptors (Lipinski definition) is 4. The fraction of sp³-hybridized carbons (Fsp3) is 0. The molecule has 2 aromatic heterocycles. The lowest BCUT2D eigenvalue weighted by Crippen LogP contribution is -1.87. The summed E-state index contributed by atoms with van der Waals surface area (Å²) in [4.78, 5) is 0. The number of benzene rings is 1. The van der Waals surface area contributed by atoms with Gasteiger partial charge in [-0.25, -0.2) is 4.52 Å². The average molecular weight is 285 g/mol. The number of tetrazole rings is 1. The second-order valence-corrected chi connectivity index (χ2v) is 3.44. The van der Waals surface area contributed by atoms with Gasteiger partial charge in [-0.2, -0.15) is 0 Å². The van der Waals surface area contributed by atoms with Crippen LogP contribution in [0.15, 0.2) is 42.6 Å². The minimum absolute atomic E-state index is 0. The maximum Gasteiger partial charge on any atom is 0.179 e. The van der Waals surface area contributed by atoms with Gasteiger partial charge in [-0.3, -0.25) is 0 Å². The van der Waals surface area contributed by atoms with Gasteiger partial charge in [0.15, 0.2) is 5.65 Å². The number of nitrogens with zero attached hydrogens (tertiary/aromatic N) is 4. The van der Waals surface area contributed by atoms with Crippen molar-refractivity contribution >= 4 is 30.5 Å². The highest BCUT2D eigenvalue weighted by molar-refractivity contribution is 5.85. The first-order chi connectivity index (χ1) is 7.83. The van der Waals surface area contributed by atoms with E-state index in [9.17, 15) is 5.11 Å². The van der Waals surface area contributed by atoms with Gasteiger partial charge in [-0.1, -0.05) is 12.1 Å². The van der Waals surface area contributed by atoms with E-state index in [1.165, 1.54) is 0 Å². The molecule has 18 heavy (non-hydrogen) atoms. The molecule has 2 heterocycles. The third-order valence-electron chi connectivity index (χ3n) is 2.40. The molecule has 0 unspecified atom stereocenters. The van der Waals surface area contributed by atoms with E-state index in [-0.39, 0.29) is 30.6 Å². The van der Waals surface area contributed by atoms with E-state index >= 15 is 0 Å². The topological polar surface area (TPSA) is 63.3 Å². The molecule has 0 saturated heterocycles. The van der Waals surface area contributed by atoms with Crippen molar-refractivity contribution in [2.24, 2.45) is 0 Å². The molecule has 0 spiro atoms. The number of halogens is 2. The maximum atomic E-state index is 9.21. The molecule has 1 aromatic carbocycles. The Morgan fingerprint density at radius 1 is 0.944 bits per heavy atom. The number of aromatic hydroxyl groups is 1. The van der Waals surface area contributed by atoms with Crippen molar-refractivity contribution in [2.75, 3.05) is 0 Å². The van der Waals surface area contributed by atoms with Crippen LogP contribution in [0.3, 0.4) is 0 Å². The van der Waals surface area contributed by atoms with Crippen LogP contribution in [0.25, 0.3) is 16.8 Å². The summed E-state index contributed by atoms with van der Waals surface area (Å²) in [6, 6.07) is 10.8. The molecule has 0 fully saturated rings. The second kappa shape index (κ2) is 5.66. The van der Waals surface area contributed by atoms with E-state index < -0.39 is 0 Å². The molecule has 0 saturated carbocycles. The lowest BCUT2D eigenvalue weighted by Gasteiger charge is -2.01. The summed E-state index contributed by atoms with van der Waals surface area (Å²) in [5.41, 5.74) is 2.73. The van der Waals surface area contributed by atoms with E-state index in [0.717, 1.165) is 11.1 Å². The van der Waals surface area contributed by atoms with E-state index in [4.69, 9.17) is 0 Å². The van der Waals surface area contributed by atoms with E-state index in [0.29, 0.717) is 5.65 Å². The zero-order valence-electron chi connectivity index (χ0n) is 9.09. The summed E-state index contributed by atoms with van der Waals surface area (Å²) >= 11 is 0. The molecule has 7 heteroatoms. The van der Waals surface area contributed by atoms with Crippen LogP contribution >= 0.6 is 24.8 Å². The van der Waals surface area contributed by atoms with Crippen molar-refractivity contribution in [3.8, 4) is 16.9 Å². The van der Waals surface area contributed by atoms with Crippen LogP contribution in [-0.2, 0) is 0 Å². The standard InChI is InChI=1S/C11H8N4O.2ClH/c16-10-3-1-8(2-4-10)9-5-6-15-11(7-9)12-13-14-15;;/h1-7,16H;2*1H. The first-order valence-corrected chi connectivity index (χ1v) is 4.80. The third-order valence-corrected chi connectivity index (χ3v) is 2.40. The molecule has 0 bridgehead atoms. The largest absolute Gasteiger partial charge is 0.508 e. The number of phenols is 1. The van der Waals surface area contributed by atoms with Crippen molar-refractivity contribution in [3.63, 3.8) is 0 Å². The Morgan fingerprint density at radius 2 is 1.67 bits per heavy atom. The van der Waals surface area contributed by atoms with Gasteiger partial charge in [0, 0.05) is 6.20 Å². The lowest BCUT2D eigenvalue weighted by atomic mass is 10.1. The number of phenolic OH excluding ortho intramolecular Hbond substituents is 1. The first-order valence-electron chi connectivity index (χ1n) is 4.80. The predicted octanol–water partition coefficient (Wildman–Crippen LogP) is 2.34. The summed E-state index contributed by atoms with van der Waals surface area (Å²) in [5, 5.41) is 20.4. The number of rotatable bonds is 1. The van der Waals surface area contributed by atoms with Gasteiger partial charge in [0.2, 0.25) is 0 Å². The molecule has 0 amide bonds. The van der Waals surface area contributed by atoms with E-state index in [1.807, 2.05) is 24.3 Å². The normalized spacial score (nSPS) is 9.56. The molecule has 94 valence electrons. The minimum Gasteiger partial charge on any atom is -0.508 e. The Hall–Kier alpha value is -1.85.